The van der Waals surface area contributed by atoms with Crippen molar-refractivity contribution in [3.63, 3.8) is 0 Å². The molecule has 1 fully saturated rings. The number of hydrogen-bond donors (Lipinski definition) is 4. The van der Waals surface area contributed by atoms with Gasteiger partial charge in [0.15, 0.2) is 17.3 Å². The van der Waals surface area contributed by atoms with Crippen molar-refractivity contribution < 1.29 is 39.0 Å². The molecule has 2 aromatic carbocycles. The summed E-state index contributed by atoms with van der Waals surface area (Å²) in [5, 5.41) is 24.8. The molecule has 48 heavy (non-hydrogen) atoms. The normalized spacial score (nSPS) is 13.1. The summed E-state index contributed by atoms with van der Waals surface area (Å²) in [6.45, 7) is 3.39. The molecule has 14 heteroatoms. The second kappa shape index (κ2) is 15.6. The lowest BCUT2D eigenvalue weighted by atomic mass is 10.1. The van der Waals surface area contributed by atoms with Crippen molar-refractivity contribution in [2.24, 2.45) is 0 Å². The smallest absolute Gasteiger partial charge is 0.333 e. The van der Waals surface area contributed by atoms with E-state index in [1.54, 1.807) is 12.1 Å². The molecule has 1 saturated heterocycles. The predicted octanol–water partition coefficient (Wildman–Crippen LogP) is 3.42. The molecule has 3 heterocycles. The van der Waals surface area contributed by atoms with Crippen LogP contribution in [0.15, 0.2) is 36.4 Å². The van der Waals surface area contributed by atoms with Crippen molar-refractivity contribution in [2.75, 3.05) is 25.5 Å². The molecule has 0 radical (unpaired) electrons. The summed E-state index contributed by atoms with van der Waals surface area (Å²) in [5.74, 6) is -1.29. The lowest BCUT2D eigenvalue weighted by Gasteiger charge is -2.13. The van der Waals surface area contributed by atoms with E-state index in [0.717, 1.165) is 35.1 Å². The number of phenolic OH excluding ortho intramolecular Hbond substituents is 2. The summed E-state index contributed by atoms with van der Waals surface area (Å²) >= 11 is 0. The van der Waals surface area contributed by atoms with Crippen LogP contribution in [0, 0.1) is 0 Å². The van der Waals surface area contributed by atoms with Crippen LogP contribution in [0.25, 0.3) is 21.9 Å². The van der Waals surface area contributed by atoms with Gasteiger partial charge in [0.25, 0.3) is 11.8 Å². The first-order valence-electron chi connectivity index (χ1n) is 16.1. The van der Waals surface area contributed by atoms with Crippen LogP contribution in [0.2, 0.25) is 0 Å². The number of imidazole rings is 1. The van der Waals surface area contributed by atoms with Gasteiger partial charge in [-0.2, -0.15) is 0 Å². The first-order valence-corrected chi connectivity index (χ1v) is 16.1. The van der Waals surface area contributed by atoms with Crippen LogP contribution in [-0.2, 0) is 48.1 Å². The van der Waals surface area contributed by atoms with Gasteiger partial charge in [0.2, 0.25) is 5.91 Å². The maximum Gasteiger partial charge on any atom is 0.333 e. The van der Waals surface area contributed by atoms with E-state index in [0.29, 0.717) is 60.1 Å². The van der Waals surface area contributed by atoms with Crippen molar-refractivity contribution in [2.45, 2.75) is 71.3 Å². The number of benzene rings is 2. The minimum atomic E-state index is -0.736. The zero-order valence-electron chi connectivity index (χ0n) is 26.9. The minimum Gasteiger partial charge on any atom is -0.504 e. The van der Waals surface area contributed by atoms with E-state index in [9.17, 15) is 29.4 Å². The first-order chi connectivity index (χ1) is 23.2. The van der Waals surface area contributed by atoms with Gasteiger partial charge in [-0.3, -0.25) is 14.4 Å². The topological polar surface area (TPSA) is 199 Å². The fraction of sp³-hybridized carbons (Fsp3) is 0.412. The maximum atomic E-state index is 12.1. The highest BCUT2D eigenvalue weighted by molar-refractivity contribution is 6.07. The van der Waals surface area contributed by atoms with Crippen LogP contribution in [0.5, 0.6) is 11.5 Å². The van der Waals surface area contributed by atoms with E-state index in [4.69, 9.17) is 20.3 Å². The summed E-state index contributed by atoms with van der Waals surface area (Å²) in [7, 11) is 0. The number of unbranched alkanes of at least 4 members (excludes halogenated alkanes) is 1. The second-order valence-electron chi connectivity index (χ2n) is 11.7. The largest absolute Gasteiger partial charge is 0.504 e. The Morgan fingerprint density at radius 1 is 1.00 bits per heavy atom. The standard InChI is InChI=1S/C34H40N6O8/c1-2-3-8-26-38-31-32(39(26)20-22-6-4-7-25(41)33(22)46)23-19-21(11-12-24(23)37-34(31)35)15-17-47-18-16-36-27(42)9-5-10-30(45)48-40-28(43)13-14-29(40)44/h4,6-7,11-12,19,41,46H,2-3,5,8-10,13-18,20H2,1H3,(H2,35,37)(H,36,42). The number of fused-ring (bicyclic) bond motifs is 3. The lowest BCUT2D eigenvalue weighted by molar-refractivity contribution is -0.197. The van der Waals surface area contributed by atoms with Crippen LogP contribution in [0.1, 0.15) is 68.8 Å². The number of aryl methyl sites for hydroxylation is 1. The van der Waals surface area contributed by atoms with E-state index in [1.807, 2.05) is 22.8 Å². The molecule has 5 N–H and O–H groups in total. The number of rotatable bonds is 16. The van der Waals surface area contributed by atoms with E-state index >= 15 is 0 Å². The number of amides is 3. The van der Waals surface area contributed by atoms with Gasteiger partial charge in [-0.1, -0.05) is 31.5 Å². The van der Waals surface area contributed by atoms with Gasteiger partial charge in [0.1, 0.15) is 11.3 Å². The van der Waals surface area contributed by atoms with E-state index in [1.165, 1.54) is 6.07 Å². The highest BCUT2D eigenvalue weighted by Gasteiger charge is 2.32. The molecule has 0 atom stereocenters. The van der Waals surface area contributed by atoms with E-state index < -0.39 is 17.8 Å². The SMILES string of the molecule is CCCCc1nc2c(N)nc3ccc(CCOCCNC(=O)CCCC(=O)ON4C(=O)CCC4=O)cc3c2n1Cc1cccc(O)c1O. The second-order valence-corrected chi connectivity index (χ2v) is 11.7. The Hall–Kier alpha value is -5.24. The number of aromatic nitrogens is 3. The molecular weight excluding hydrogens is 620 g/mol. The van der Waals surface area contributed by atoms with Crippen molar-refractivity contribution in [1.82, 2.24) is 24.9 Å². The van der Waals surface area contributed by atoms with E-state index in [2.05, 4.69) is 17.2 Å². The number of imide groups is 1. The molecule has 14 nitrogen and oxygen atoms in total. The van der Waals surface area contributed by atoms with Crippen molar-refractivity contribution >= 4 is 51.4 Å². The Balaban J connectivity index is 1.16. The maximum absolute atomic E-state index is 12.1. The van der Waals surface area contributed by atoms with Gasteiger partial charge >= 0.3 is 5.97 Å². The molecule has 4 aromatic rings. The molecule has 0 saturated carbocycles. The Bertz CT molecular complexity index is 1820. The number of phenols is 2. The highest BCUT2D eigenvalue weighted by Crippen LogP contribution is 2.34. The number of carbonyl (C=O) groups is 4. The predicted molar refractivity (Wildman–Crippen MR) is 175 cm³/mol. The van der Waals surface area contributed by atoms with Gasteiger partial charge in [0, 0.05) is 49.6 Å². The third-order valence-electron chi connectivity index (χ3n) is 8.11. The quantitative estimate of drug-likeness (QED) is 0.0780. The molecular formula is C34H40N6O8. The van der Waals surface area contributed by atoms with Gasteiger partial charge in [-0.25, -0.2) is 14.8 Å². The molecule has 2 aromatic heterocycles. The summed E-state index contributed by atoms with van der Waals surface area (Å²) in [4.78, 5) is 61.3. The fourth-order valence-electron chi connectivity index (χ4n) is 5.57. The fourth-order valence-corrected chi connectivity index (χ4v) is 5.57. The Morgan fingerprint density at radius 3 is 2.56 bits per heavy atom. The summed E-state index contributed by atoms with van der Waals surface area (Å²) < 4.78 is 7.80. The van der Waals surface area contributed by atoms with Crippen LogP contribution >= 0.6 is 0 Å². The minimum absolute atomic E-state index is 0.0249. The van der Waals surface area contributed by atoms with Gasteiger partial charge in [-0.15, -0.1) is 5.06 Å². The third-order valence-corrected chi connectivity index (χ3v) is 8.11. The molecule has 254 valence electrons. The summed E-state index contributed by atoms with van der Waals surface area (Å²) in [6, 6.07) is 10.8. The highest BCUT2D eigenvalue weighted by atomic mass is 16.7. The van der Waals surface area contributed by atoms with Gasteiger partial charge < -0.3 is 35.4 Å². The number of nitrogen functional groups attached to an aromatic ring is 1. The average Bonchev–Trinajstić information content (AvgIpc) is 3.59. The summed E-state index contributed by atoms with van der Waals surface area (Å²) in [5.41, 5.74) is 10.0. The number of hydrogen-bond acceptors (Lipinski definition) is 11. The number of para-hydroxylation sites is 1. The molecule has 3 amide bonds. The molecule has 1 aliphatic rings. The number of nitrogens with zero attached hydrogens (tertiary/aromatic N) is 4. The number of carbonyl (C=O) groups excluding carboxylic acids is 4. The molecule has 0 bridgehead atoms. The Kier molecular flexibility index (Phi) is 11.1. The zero-order valence-corrected chi connectivity index (χ0v) is 26.9. The van der Waals surface area contributed by atoms with Crippen LogP contribution in [0.4, 0.5) is 5.82 Å². The number of aromatic hydroxyl groups is 2. The summed E-state index contributed by atoms with van der Waals surface area (Å²) in [6.07, 6.45) is 3.47. The number of anilines is 1. The number of hydroxylamine groups is 2. The Labute approximate surface area is 276 Å². The number of pyridine rings is 1. The monoisotopic (exact) mass is 660 g/mol. The molecule has 0 unspecified atom stereocenters. The Morgan fingerprint density at radius 2 is 1.79 bits per heavy atom. The number of ether oxygens (including phenoxy) is 1. The molecule has 0 aliphatic carbocycles. The van der Waals surface area contributed by atoms with E-state index in [-0.39, 0.29) is 56.1 Å². The number of nitrogens with one attached hydrogen (secondary N) is 1. The van der Waals surface area contributed by atoms with Gasteiger partial charge in [-0.05, 0) is 43.0 Å². The number of nitrogens with two attached hydrogens (primary N) is 1. The first kappa shape index (κ1) is 34.1. The van der Waals surface area contributed by atoms with Gasteiger partial charge in [0.05, 0.1) is 30.8 Å². The van der Waals surface area contributed by atoms with Crippen LogP contribution in [-0.4, -0.2) is 73.3 Å². The molecule has 1 aliphatic heterocycles. The molecule has 0 spiro atoms. The zero-order chi connectivity index (χ0) is 34.2. The third kappa shape index (κ3) is 8.00. The average molecular weight is 661 g/mol. The van der Waals surface area contributed by atoms with Crippen molar-refractivity contribution in [1.29, 1.82) is 0 Å². The lowest BCUT2D eigenvalue weighted by Crippen LogP contribution is -2.32. The van der Waals surface area contributed by atoms with Crippen LogP contribution < -0.4 is 11.1 Å². The van der Waals surface area contributed by atoms with Crippen LogP contribution in [0.3, 0.4) is 0 Å². The van der Waals surface area contributed by atoms with Crippen molar-refractivity contribution in [3.8, 4) is 11.5 Å². The van der Waals surface area contributed by atoms with Crippen molar-refractivity contribution in [3.05, 3.63) is 53.3 Å². The molecule has 5 rings (SSSR count).